The van der Waals surface area contributed by atoms with Crippen LogP contribution in [0.2, 0.25) is 0 Å². The average Bonchev–Trinajstić information content (AvgIpc) is 3.19. The number of morpholine rings is 1. The van der Waals surface area contributed by atoms with Crippen LogP contribution in [-0.2, 0) is 16.1 Å². The first-order chi connectivity index (χ1) is 16.1. The first-order valence-corrected chi connectivity index (χ1v) is 12.1. The molecular weight excluding hydrogens is 440 g/mol. The van der Waals surface area contributed by atoms with Crippen molar-refractivity contribution in [1.82, 2.24) is 24.8 Å². The predicted molar refractivity (Wildman–Crippen MR) is 127 cm³/mol. The highest BCUT2D eigenvalue weighted by atomic mass is 32.1. The maximum atomic E-state index is 11.8. The summed E-state index contributed by atoms with van der Waals surface area (Å²) in [5.74, 6) is 1.47. The average molecular weight is 469 g/mol. The van der Waals surface area contributed by atoms with Crippen LogP contribution < -0.4 is 4.90 Å². The van der Waals surface area contributed by atoms with Crippen molar-refractivity contribution in [1.29, 1.82) is 0 Å². The van der Waals surface area contributed by atoms with Gasteiger partial charge in [0.15, 0.2) is 11.6 Å². The zero-order valence-corrected chi connectivity index (χ0v) is 19.6. The van der Waals surface area contributed by atoms with Gasteiger partial charge in [0.05, 0.1) is 23.4 Å². The van der Waals surface area contributed by atoms with Crippen molar-refractivity contribution in [3.05, 3.63) is 35.0 Å². The molecule has 10 heteroatoms. The molecule has 0 saturated carbocycles. The highest BCUT2D eigenvalue weighted by Crippen LogP contribution is 2.38. The minimum Gasteiger partial charge on any atom is -0.387 e. The number of piperazine rings is 1. The number of amides is 1. The molecule has 0 spiro atoms. The van der Waals surface area contributed by atoms with Gasteiger partial charge < -0.3 is 19.6 Å². The van der Waals surface area contributed by atoms with E-state index >= 15 is 0 Å². The fourth-order valence-corrected chi connectivity index (χ4v) is 5.65. The van der Waals surface area contributed by atoms with Crippen LogP contribution in [0.15, 0.2) is 24.5 Å². The Morgan fingerprint density at radius 2 is 1.94 bits per heavy atom. The highest BCUT2D eigenvalue weighted by molar-refractivity contribution is 7.19. The van der Waals surface area contributed by atoms with Gasteiger partial charge in [-0.2, -0.15) is 0 Å². The monoisotopic (exact) mass is 468 g/mol. The molecule has 0 aromatic carbocycles. The number of nitrogens with zero attached hydrogens (tertiary/aromatic N) is 6. The Morgan fingerprint density at radius 3 is 2.64 bits per heavy atom. The van der Waals surface area contributed by atoms with Gasteiger partial charge in [-0.3, -0.25) is 14.7 Å². The molecule has 2 saturated heterocycles. The summed E-state index contributed by atoms with van der Waals surface area (Å²) >= 11 is 1.77. The summed E-state index contributed by atoms with van der Waals surface area (Å²) in [5, 5.41) is 9.11. The van der Waals surface area contributed by atoms with Crippen molar-refractivity contribution in [2.45, 2.75) is 13.5 Å². The van der Waals surface area contributed by atoms with E-state index < -0.39 is 6.61 Å². The lowest BCUT2D eigenvalue weighted by Gasteiger charge is -2.34. The lowest BCUT2D eigenvalue weighted by Crippen LogP contribution is -2.49. The SMILES string of the molecule is Cc1c(CN2CCN(C(=O)CO)CC2)sc2c(N3CCOCC3)nc(-c3cccnc3)nc12. The Hall–Kier alpha value is -2.66. The summed E-state index contributed by atoms with van der Waals surface area (Å²) in [6.07, 6.45) is 3.56. The van der Waals surface area contributed by atoms with Gasteiger partial charge in [0.25, 0.3) is 0 Å². The van der Waals surface area contributed by atoms with Gasteiger partial charge >= 0.3 is 0 Å². The van der Waals surface area contributed by atoms with Crippen molar-refractivity contribution < 1.29 is 14.6 Å². The summed E-state index contributed by atoms with van der Waals surface area (Å²) in [4.78, 5) is 33.6. The summed E-state index contributed by atoms with van der Waals surface area (Å²) in [6, 6.07) is 3.90. The minimum atomic E-state index is -0.419. The second-order valence-electron chi connectivity index (χ2n) is 8.35. The second kappa shape index (κ2) is 9.68. The summed E-state index contributed by atoms with van der Waals surface area (Å²) in [5.41, 5.74) is 3.09. The van der Waals surface area contributed by atoms with Gasteiger partial charge in [-0.25, -0.2) is 9.97 Å². The molecule has 5 rings (SSSR count). The molecule has 5 heterocycles. The third-order valence-corrected chi connectivity index (χ3v) is 7.57. The van der Waals surface area contributed by atoms with Crippen LogP contribution in [0.5, 0.6) is 0 Å². The topological polar surface area (TPSA) is 94.9 Å². The van der Waals surface area contributed by atoms with E-state index in [2.05, 4.69) is 21.7 Å². The van der Waals surface area contributed by atoms with E-state index in [0.717, 1.165) is 54.3 Å². The highest BCUT2D eigenvalue weighted by Gasteiger charge is 2.25. The Bertz CT molecular complexity index is 1120. The Balaban J connectivity index is 1.47. The van der Waals surface area contributed by atoms with Crippen molar-refractivity contribution in [3.63, 3.8) is 0 Å². The fraction of sp³-hybridized carbons (Fsp3) is 0.478. The molecule has 0 radical (unpaired) electrons. The van der Waals surface area contributed by atoms with Gasteiger partial charge in [0.2, 0.25) is 5.91 Å². The number of aliphatic hydroxyl groups is 1. The van der Waals surface area contributed by atoms with E-state index in [1.807, 2.05) is 12.1 Å². The number of anilines is 1. The largest absolute Gasteiger partial charge is 0.387 e. The number of aromatic nitrogens is 3. The third kappa shape index (κ3) is 4.56. The van der Waals surface area contributed by atoms with Crippen molar-refractivity contribution in [3.8, 4) is 11.4 Å². The van der Waals surface area contributed by atoms with Crippen LogP contribution in [0.1, 0.15) is 10.4 Å². The van der Waals surface area contributed by atoms with E-state index in [0.29, 0.717) is 32.1 Å². The number of hydrogen-bond donors (Lipinski definition) is 1. The van der Waals surface area contributed by atoms with Gasteiger partial charge in [-0.05, 0) is 24.6 Å². The number of hydrogen-bond acceptors (Lipinski definition) is 9. The molecule has 3 aromatic heterocycles. The minimum absolute atomic E-state index is 0.193. The molecule has 0 atom stereocenters. The standard InChI is InChI=1S/C23H28N6O3S/c1-16-18(14-27-5-7-28(8-6-27)19(31)15-30)33-21-20(16)25-22(17-3-2-4-24-13-17)26-23(21)29-9-11-32-12-10-29/h2-4,13,30H,5-12,14-15H2,1H3. The smallest absolute Gasteiger partial charge is 0.248 e. The van der Waals surface area contributed by atoms with Crippen LogP contribution >= 0.6 is 11.3 Å². The van der Waals surface area contributed by atoms with Gasteiger partial charge in [-0.1, -0.05) is 0 Å². The zero-order valence-electron chi connectivity index (χ0n) is 18.7. The number of fused-ring (bicyclic) bond motifs is 1. The maximum absolute atomic E-state index is 11.8. The number of aliphatic hydroxyl groups excluding tert-OH is 1. The molecule has 174 valence electrons. The maximum Gasteiger partial charge on any atom is 0.248 e. The first-order valence-electron chi connectivity index (χ1n) is 11.3. The number of carbonyl (C=O) groups is 1. The number of ether oxygens (including phenoxy) is 1. The Labute approximate surface area is 196 Å². The molecule has 2 fully saturated rings. The van der Waals surface area contributed by atoms with Crippen LogP contribution in [0.4, 0.5) is 5.82 Å². The molecule has 3 aromatic rings. The molecule has 0 aliphatic carbocycles. The normalized spacial score (nSPS) is 17.6. The molecule has 0 bridgehead atoms. The van der Waals surface area contributed by atoms with E-state index in [9.17, 15) is 4.79 Å². The van der Waals surface area contributed by atoms with E-state index in [4.69, 9.17) is 19.8 Å². The van der Waals surface area contributed by atoms with E-state index in [1.54, 1.807) is 28.6 Å². The Kier molecular flexibility index (Phi) is 6.50. The zero-order chi connectivity index (χ0) is 22.8. The van der Waals surface area contributed by atoms with E-state index in [-0.39, 0.29) is 5.91 Å². The summed E-state index contributed by atoms with van der Waals surface area (Å²) in [6.45, 7) is 8.44. The summed E-state index contributed by atoms with van der Waals surface area (Å²) < 4.78 is 6.69. The van der Waals surface area contributed by atoms with Crippen molar-refractivity contribution in [2.75, 3.05) is 64.0 Å². The first kappa shape index (κ1) is 22.1. The van der Waals surface area contributed by atoms with Gasteiger partial charge in [-0.15, -0.1) is 11.3 Å². The molecular formula is C23H28N6O3S. The molecule has 33 heavy (non-hydrogen) atoms. The lowest BCUT2D eigenvalue weighted by molar-refractivity contribution is -0.135. The van der Waals surface area contributed by atoms with Crippen LogP contribution in [0.25, 0.3) is 21.6 Å². The number of carbonyl (C=O) groups excluding carboxylic acids is 1. The van der Waals surface area contributed by atoms with Gasteiger partial charge in [0.1, 0.15) is 6.61 Å². The molecule has 1 N–H and O–H groups in total. The number of pyridine rings is 1. The molecule has 0 unspecified atom stereocenters. The fourth-order valence-electron chi connectivity index (χ4n) is 4.34. The Morgan fingerprint density at radius 1 is 1.15 bits per heavy atom. The third-order valence-electron chi connectivity index (χ3n) is 6.30. The molecule has 2 aliphatic heterocycles. The van der Waals surface area contributed by atoms with Crippen molar-refractivity contribution in [2.24, 2.45) is 0 Å². The number of rotatable bonds is 5. The summed E-state index contributed by atoms with van der Waals surface area (Å²) in [7, 11) is 0. The lowest BCUT2D eigenvalue weighted by atomic mass is 10.2. The second-order valence-corrected chi connectivity index (χ2v) is 9.46. The van der Waals surface area contributed by atoms with E-state index in [1.165, 1.54) is 10.4 Å². The van der Waals surface area contributed by atoms with Gasteiger partial charge in [0, 0.05) is 68.6 Å². The van der Waals surface area contributed by atoms with Crippen molar-refractivity contribution >= 4 is 33.3 Å². The molecule has 2 aliphatic rings. The molecule has 1 amide bonds. The molecule has 9 nitrogen and oxygen atoms in total. The van der Waals surface area contributed by atoms with Crippen LogP contribution in [-0.4, -0.2) is 94.9 Å². The quantitative estimate of drug-likeness (QED) is 0.603. The number of aryl methyl sites for hydroxylation is 1. The van der Waals surface area contributed by atoms with Crippen LogP contribution in [0.3, 0.4) is 0 Å². The predicted octanol–water partition coefficient (Wildman–Crippen LogP) is 1.53. The number of thiophene rings is 1. The van der Waals surface area contributed by atoms with Crippen LogP contribution in [0, 0.1) is 6.92 Å².